The number of amides is 1. The Morgan fingerprint density at radius 3 is 1.94 bits per heavy atom. The molecule has 5 heteroatoms. The Bertz CT molecular complexity index is 1120. The van der Waals surface area contributed by atoms with Gasteiger partial charge in [0, 0.05) is 16.8 Å². The number of ether oxygens (including phenoxy) is 1. The number of carbonyl (C=O) groups is 2. The van der Waals surface area contributed by atoms with Crippen LogP contribution in [0.1, 0.15) is 64.8 Å². The Morgan fingerprint density at radius 1 is 0.853 bits per heavy atom. The molecule has 2 aromatic carbocycles. The lowest BCUT2D eigenvalue weighted by molar-refractivity contribution is -0.212. The van der Waals surface area contributed by atoms with Crippen molar-refractivity contribution in [3.05, 3.63) is 59.2 Å². The predicted octanol–water partition coefficient (Wildman–Crippen LogP) is 5.61. The summed E-state index contributed by atoms with van der Waals surface area (Å²) in [6.45, 7) is 0. The van der Waals surface area contributed by atoms with Gasteiger partial charge in [0.1, 0.15) is 5.75 Å². The lowest BCUT2D eigenvalue weighted by Crippen LogP contribution is -2.66. The van der Waals surface area contributed by atoms with Crippen molar-refractivity contribution < 1.29 is 19.4 Å². The fourth-order valence-corrected chi connectivity index (χ4v) is 9.40. The van der Waals surface area contributed by atoms with Crippen molar-refractivity contribution in [2.24, 2.45) is 41.4 Å². The van der Waals surface area contributed by atoms with Crippen LogP contribution in [0.15, 0.2) is 42.5 Å². The Hall–Kier alpha value is -2.82. The molecule has 0 aliphatic heterocycles. The first-order valence-corrected chi connectivity index (χ1v) is 12.8. The molecule has 34 heavy (non-hydrogen) atoms. The molecular formula is C29H31NO4. The maximum Gasteiger partial charge on any atom is 0.335 e. The number of benzene rings is 2. The van der Waals surface area contributed by atoms with E-state index in [-0.39, 0.29) is 16.9 Å². The molecule has 176 valence electrons. The third kappa shape index (κ3) is 2.79. The summed E-state index contributed by atoms with van der Waals surface area (Å²) in [4.78, 5) is 24.3. The average molecular weight is 458 g/mol. The molecule has 0 heterocycles. The molecule has 7 saturated carbocycles. The maximum atomic E-state index is 13.2. The zero-order valence-corrected chi connectivity index (χ0v) is 19.5. The average Bonchev–Trinajstić information content (AvgIpc) is 2.86. The lowest BCUT2D eigenvalue weighted by atomic mass is 9.32. The van der Waals surface area contributed by atoms with Crippen LogP contribution in [0, 0.1) is 41.4 Å². The van der Waals surface area contributed by atoms with Crippen LogP contribution in [0.4, 0.5) is 5.69 Å². The van der Waals surface area contributed by atoms with Crippen molar-refractivity contribution >= 4 is 17.6 Å². The van der Waals surface area contributed by atoms with E-state index in [4.69, 9.17) is 9.84 Å². The minimum absolute atomic E-state index is 0.137. The summed E-state index contributed by atoms with van der Waals surface area (Å²) in [7, 11) is 1.74. The molecule has 0 unspecified atom stereocenters. The Kier molecular flexibility index (Phi) is 4.29. The fourth-order valence-electron chi connectivity index (χ4n) is 9.40. The number of hydrogen-bond donors (Lipinski definition) is 2. The first-order valence-electron chi connectivity index (χ1n) is 12.8. The molecule has 2 N–H and O–H groups in total. The number of anilines is 1. The van der Waals surface area contributed by atoms with Gasteiger partial charge in [0.2, 0.25) is 0 Å². The van der Waals surface area contributed by atoms with E-state index in [1.54, 1.807) is 19.2 Å². The van der Waals surface area contributed by atoms with Crippen LogP contribution in [0.2, 0.25) is 0 Å². The van der Waals surface area contributed by atoms with E-state index in [2.05, 4.69) is 11.4 Å². The zero-order chi connectivity index (χ0) is 23.2. The summed E-state index contributed by atoms with van der Waals surface area (Å²) in [6, 6.07) is 12.2. The van der Waals surface area contributed by atoms with Crippen LogP contribution in [-0.2, 0) is 5.41 Å². The van der Waals surface area contributed by atoms with Crippen LogP contribution in [0.5, 0.6) is 5.75 Å². The van der Waals surface area contributed by atoms with Crippen molar-refractivity contribution in [2.45, 2.75) is 43.9 Å². The molecule has 9 rings (SSSR count). The topological polar surface area (TPSA) is 75.6 Å². The van der Waals surface area contributed by atoms with Gasteiger partial charge in [-0.25, -0.2) is 4.79 Å². The van der Waals surface area contributed by atoms with E-state index >= 15 is 0 Å². The number of nitrogens with one attached hydrogen (secondary N) is 1. The van der Waals surface area contributed by atoms with Gasteiger partial charge < -0.3 is 15.2 Å². The van der Waals surface area contributed by atoms with Crippen molar-refractivity contribution in [1.82, 2.24) is 0 Å². The number of carboxylic acid groups (broad SMARTS) is 1. The summed E-state index contributed by atoms with van der Waals surface area (Å²) in [5, 5.41) is 12.0. The van der Waals surface area contributed by atoms with E-state index in [0.29, 0.717) is 11.3 Å². The number of carboxylic acids is 1. The Balaban J connectivity index is 1.20. The molecule has 0 aromatic heterocycles. The molecule has 0 spiro atoms. The quantitative estimate of drug-likeness (QED) is 0.612. The van der Waals surface area contributed by atoms with Crippen LogP contribution in [0.3, 0.4) is 0 Å². The highest BCUT2D eigenvalue weighted by Crippen LogP contribution is 2.74. The molecule has 0 saturated heterocycles. The van der Waals surface area contributed by atoms with E-state index in [9.17, 15) is 9.59 Å². The molecule has 8 bridgehead atoms. The van der Waals surface area contributed by atoms with Gasteiger partial charge in [0.15, 0.2) is 0 Å². The second-order valence-electron chi connectivity index (χ2n) is 11.7. The van der Waals surface area contributed by atoms with Crippen LogP contribution < -0.4 is 10.1 Å². The standard InChI is InChI=1S/C29H31NO4/c1-34-26-7-4-17(27(31)30-18-5-2-16(3-6-18)28(32)33)11-25(26)29-12-22-19-8-15-9-20(22)24(14-29)21(10-15)23(19)13-29/h2-7,11,15,19-24H,8-10,12-14H2,1H3,(H,30,31)(H,32,33). The number of rotatable bonds is 5. The number of aromatic carboxylic acids is 1. The number of hydrogen-bond acceptors (Lipinski definition) is 3. The minimum atomic E-state index is -0.977. The number of carbonyl (C=O) groups excluding carboxylic acids is 1. The van der Waals surface area contributed by atoms with Gasteiger partial charge in [-0.15, -0.1) is 0 Å². The van der Waals surface area contributed by atoms with Gasteiger partial charge in [-0.2, -0.15) is 0 Å². The summed E-state index contributed by atoms with van der Waals surface area (Å²) < 4.78 is 5.87. The Morgan fingerprint density at radius 2 is 1.41 bits per heavy atom. The normalized spacial score (nSPS) is 38.2. The zero-order valence-electron chi connectivity index (χ0n) is 19.5. The van der Waals surface area contributed by atoms with Crippen molar-refractivity contribution in [2.75, 3.05) is 12.4 Å². The van der Waals surface area contributed by atoms with E-state index < -0.39 is 5.97 Å². The van der Waals surface area contributed by atoms with Gasteiger partial charge in [-0.3, -0.25) is 4.79 Å². The van der Waals surface area contributed by atoms with Crippen molar-refractivity contribution in [1.29, 1.82) is 0 Å². The molecule has 7 aliphatic carbocycles. The van der Waals surface area contributed by atoms with E-state index in [0.717, 1.165) is 47.2 Å². The molecule has 5 nitrogen and oxygen atoms in total. The van der Waals surface area contributed by atoms with Gasteiger partial charge in [-0.05, 0) is 128 Å². The minimum Gasteiger partial charge on any atom is -0.496 e. The lowest BCUT2D eigenvalue weighted by Gasteiger charge is -2.72. The van der Waals surface area contributed by atoms with Crippen LogP contribution in [-0.4, -0.2) is 24.1 Å². The van der Waals surface area contributed by atoms with Gasteiger partial charge >= 0.3 is 5.97 Å². The third-order valence-electron chi connectivity index (χ3n) is 10.4. The summed E-state index contributed by atoms with van der Waals surface area (Å²) in [5.41, 5.74) is 2.80. The van der Waals surface area contributed by atoms with Crippen molar-refractivity contribution in [3.63, 3.8) is 0 Å². The molecule has 1 amide bonds. The van der Waals surface area contributed by atoms with Crippen molar-refractivity contribution in [3.8, 4) is 5.75 Å². The molecule has 7 fully saturated rings. The molecule has 0 atom stereocenters. The van der Waals surface area contributed by atoms with Crippen LogP contribution in [0.25, 0.3) is 0 Å². The molecule has 0 radical (unpaired) electrons. The van der Waals surface area contributed by atoms with Crippen LogP contribution >= 0.6 is 0 Å². The summed E-state index contributed by atoms with van der Waals surface area (Å²) in [5.74, 6) is 6.18. The monoisotopic (exact) mass is 457 g/mol. The number of methoxy groups -OCH3 is 1. The van der Waals surface area contributed by atoms with E-state index in [1.807, 2.05) is 12.1 Å². The second kappa shape index (κ2) is 7.10. The summed E-state index contributed by atoms with van der Waals surface area (Å²) in [6.07, 6.45) is 8.16. The highest BCUT2D eigenvalue weighted by Gasteiger charge is 2.67. The predicted molar refractivity (Wildman–Crippen MR) is 128 cm³/mol. The largest absolute Gasteiger partial charge is 0.496 e. The van der Waals surface area contributed by atoms with E-state index in [1.165, 1.54) is 56.2 Å². The SMILES string of the molecule is COc1ccc(C(=O)Nc2ccc(C(=O)O)cc2)cc1C12CC3C4CC5CC3C(C1)C(C5)C4C2. The third-order valence-corrected chi connectivity index (χ3v) is 10.4. The second-order valence-corrected chi connectivity index (χ2v) is 11.7. The highest BCUT2D eigenvalue weighted by molar-refractivity contribution is 6.04. The fraction of sp³-hybridized carbons (Fsp3) is 0.517. The summed E-state index contributed by atoms with van der Waals surface area (Å²) >= 11 is 0. The van der Waals surface area contributed by atoms with Gasteiger partial charge in [-0.1, -0.05) is 0 Å². The molecule has 7 aliphatic rings. The highest BCUT2D eigenvalue weighted by atomic mass is 16.5. The molecule has 2 aromatic rings. The molecular weight excluding hydrogens is 426 g/mol. The smallest absolute Gasteiger partial charge is 0.335 e. The van der Waals surface area contributed by atoms with Gasteiger partial charge in [0.25, 0.3) is 5.91 Å². The van der Waals surface area contributed by atoms with Gasteiger partial charge in [0.05, 0.1) is 12.7 Å². The maximum absolute atomic E-state index is 13.2. The first-order chi connectivity index (χ1) is 16.5. The first kappa shape index (κ1) is 20.5. The Labute approximate surface area is 199 Å².